The summed E-state index contributed by atoms with van der Waals surface area (Å²) in [6.45, 7) is 11.7. The predicted octanol–water partition coefficient (Wildman–Crippen LogP) is 3.04. The van der Waals surface area contributed by atoms with Crippen molar-refractivity contribution in [3.05, 3.63) is 35.5 Å². The maximum absolute atomic E-state index is 11.7. The van der Waals surface area contributed by atoms with Gasteiger partial charge in [0, 0.05) is 33.5 Å². The quantitative estimate of drug-likeness (QED) is 0.272. The molecule has 0 unspecified atom stereocenters. The summed E-state index contributed by atoms with van der Waals surface area (Å²) in [7, 11) is 1.39. The minimum atomic E-state index is -1.03. The third kappa shape index (κ3) is 8.26. The molecule has 0 heterocycles. The van der Waals surface area contributed by atoms with Crippen molar-refractivity contribution in [1.82, 2.24) is 0 Å². The maximum atomic E-state index is 11.7. The van der Waals surface area contributed by atoms with E-state index in [-0.39, 0.29) is 0 Å². The molecule has 0 bridgehead atoms. The fourth-order valence-electron chi connectivity index (χ4n) is 2.96. The molecule has 1 aliphatic carbocycles. The molecule has 0 aromatic carbocycles. The third-order valence-corrected chi connectivity index (χ3v) is 4.15. The fraction of sp³-hybridized carbons (Fsp3) is 0.522. The molecular formula is C23H30O7. The van der Waals surface area contributed by atoms with Gasteiger partial charge in [-0.1, -0.05) is 30.1 Å². The second-order valence-corrected chi connectivity index (χ2v) is 7.17. The SMILES string of the molecule is C=C(C#CC1=C[C@@H](OC(C)=O)[C@@H](OC)[C@H](OC(C)=O)[C@@H]1OC(C)=O)CCC=C(C)C. The number of ether oxygens (including phenoxy) is 4. The largest absolute Gasteiger partial charge is 0.455 e. The van der Waals surface area contributed by atoms with Gasteiger partial charge in [-0.25, -0.2) is 0 Å². The highest BCUT2D eigenvalue weighted by molar-refractivity contribution is 5.69. The summed E-state index contributed by atoms with van der Waals surface area (Å²) in [5, 5.41) is 0. The van der Waals surface area contributed by atoms with Gasteiger partial charge >= 0.3 is 17.9 Å². The Kier molecular flexibility index (Phi) is 10.1. The summed E-state index contributed by atoms with van der Waals surface area (Å²) in [5.74, 6) is 4.19. The van der Waals surface area contributed by atoms with Crippen LogP contribution < -0.4 is 0 Å². The monoisotopic (exact) mass is 418 g/mol. The van der Waals surface area contributed by atoms with Crippen molar-refractivity contribution in [3.8, 4) is 11.8 Å². The predicted molar refractivity (Wildman–Crippen MR) is 111 cm³/mol. The first-order valence-corrected chi connectivity index (χ1v) is 9.64. The maximum Gasteiger partial charge on any atom is 0.303 e. The van der Waals surface area contributed by atoms with E-state index in [2.05, 4.69) is 24.5 Å². The van der Waals surface area contributed by atoms with Crippen LogP contribution in [0.2, 0.25) is 0 Å². The van der Waals surface area contributed by atoms with Crippen molar-refractivity contribution >= 4 is 17.9 Å². The van der Waals surface area contributed by atoms with E-state index < -0.39 is 42.3 Å². The lowest BCUT2D eigenvalue weighted by Crippen LogP contribution is -2.53. The second-order valence-electron chi connectivity index (χ2n) is 7.17. The van der Waals surface area contributed by atoms with Crippen molar-refractivity contribution in [1.29, 1.82) is 0 Å². The molecule has 0 radical (unpaired) electrons. The van der Waals surface area contributed by atoms with Crippen LogP contribution in [0.4, 0.5) is 0 Å². The zero-order chi connectivity index (χ0) is 22.8. The van der Waals surface area contributed by atoms with E-state index in [9.17, 15) is 14.4 Å². The van der Waals surface area contributed by atoms with Gasteiger partial charge in [0.15, 0.2) is 18.3 Å². The normalized spacial score (nSPS) is 22.5. The van der Waals surface area contributed by atoms with Crippen LogP contribution in [0.3, 0.4) is 0 Å². The number of allylic oxidation sites excluding steroid dienone is 3. The standard InChI is InChI=1S/C23H30O7/c1-14(2)9-8-10-15(3)11-12-19-13-20(28-16(4)24)22(27-7)23(30-18(6)26)21(19)29-17(5)25/h9,13,20-23H,3,8,10H2,1-2,4-7H3/t20-,21-,22-,23-/m1/s1. The molecule has 0 fully saturated rings. The molecule has 0 amide bonds. The van der Waals surface area contributed by atoms with Gasteiger partial charge in [-0.15, -0.1) is 0 Å². The minimum Gasteiger partial charge on any atom is -0.455 e. The fourth-order valence-corrected chi connectivity index (χ4v) is 2.96. The molecule has 30 heavy (non-hydrogen) atoms. The highest BCUT2D eigenvalue weighted by atomic mass is 16.6. The van der Waals surface area contributed by atoms with Crippen LogP contribution in [-0.4, -0.2) is 49.4 Å². The zero-order valence-electron chi connectivity index (χ0n) is 18.4. The van der Waals surface area contributed by atoms with Crippen molar-refractivity contribution in [2.75, 3.05) is 7.11 Å². The van der Waals surface area contributed by atoms with Crippen LogP contribution in [-0.2, 0) is 33.3 Å². The second kappa shape index (κ2) is 12.0. The van der Waals surface area contributed by atoms with Crippen LogP contribution in [0.5, 0.6) is 0 Å². The molecule has 0 N–H and O–H groups in total. The van der Waals surface area contributed by atoms with Crippen LogP contribution in [0.25, 0.3) is 0 Å². The Morgan fingerprint density at radius 3 is 2.10 bits per heavy atom. The van der Waals surface area contributed by atoms with E-state index in [1.165, 1.54) is 33.5 Å². The summed E-state index contributed by atoms with van der Waals surface area (Å²) in [6, 6.07) is 0. The van der Waals surface area contributed by atoms with Gasteiger partial charge in [0.05, 0.1) is 0 Å². The van der Waals surface area contributed by atoms with Crippen LogP contribution in [0, 0.1) is 11.8 Å². The summed E-state index contributed by atoms with van der Waals surface area (Å²) in [6.07, 6.45) is 1.35. The lowest BCUT2D eigenvalue weighted by molar-refractivity contribution is -0.186. The first-order chi connectivity index (χ1) is 14.0. The van der Waals surface area contributed by atoms with Crippen molar-refractivity contribution in [2.24, 2.45) is 0 Å². The Bertz CT molecular complexity index is 790. The van der Waals surface area contributed by atoms with Crippen LogP contribution >= 0.6 is 0 Å². The summed E-state index contributed by atoms with van der Waals surface area (Å²) < 4.78 is 21.5. The molecule has 0 saturated heterocycles. The molecule has 4 atom stereocenters. The summed E-state index contributed by atoms with van der Waals surface area (Å²) in [5.41, 5.74) is 2.25. The molecular weight excluding hydrogens is 388 g/mol. The first kappa shape index (κ1) is 25.2. The number of hydrogen-bond acceptors (Lipinski definition) is 7. The van der Waals surface area contributed by atoms with E-state index in [4.69, 9.17) is 18.9 Å². The summed E-state index contributed by atoms with van der Waals surface area (Å²) >= 11 is 0. The number of methoxy groups -OCH3 is 1. The van der Waals surface area contributed by atoms with Gasteiger partial charge in [-0.3, -0.25) is 14.4 Å². The van der Waals surface area contributed by atoms with Gasteiger partial charge < -0.3 is 18.9 Å². The Labute approximate surface area is 178 Å². The lowest BCUT2D eigenvalue weighted by atomic mass is 9.88. The molecule has 164 valence electrons. The van der Waals surface area contributed by atoms with Crippen LogP contribution in [0.1, 0.15) is 47.5 Å². The Morgan fingerprint density at radius 1 is 1.00 bits per heavy atom. The zero-order valence-corrected chi connectivity index (χ0v) is 18.4. The van der Waals surface area contributed by atoms with Crippen molar-refractivity contribution in [3.63, 3.8) is 0 Å². The molecule has 7 heteroatoms. The topological polar surface area (TPSA) is 88.1 Å². The first-order valence-electron chi connectivity index (χ1n) is 9.64. The number of carbonyl (C=O) groups is 3. The average molecular weight is 418 g/mol. The molecule has 0 spiro atoms. The molecule has 0 aliphatic heterocycles. The number of hydrogen-bond donors (Lipinski definition) is 0. The van der Waals surface area contributed by atoms with Gasteiger partial charge in [-0.05, 0) is 38.3 Å². The van der Waals surface area contributed by atoms with Crippen molar-refractivity contribution < 1.29 is 33.3 Å². The van der Waals surface area contributed by atoms with E-state index in [0.29, 0.717) is 17.6 Å². The molecule has 0 aromatic rings. The van der Waals surface area contributed by atoms with Gasteiger partial charge in [0.2, 0.25) is 0 Å². The number of esters is 3. The van der Waals surface area contributed by atoms with E-state index in [1.54, 1.807) is 6.08 Å². The van der Waals surface area contributed by atoms with Gasteiger partial charge in [-0.2, -0.15) is 0 Å². The van der Waals surface area contributed by atoms with Crippen molar-refractivity contribution in [2.45, 2.75) is 71.9 Å². The Balaban J connectivity index is 3.31. The highest BCUT2D eigenvalue weighted by Crippen LogP contribution is 2.29. The number of rotatable bonds is 7. The molecule has 1 rings (SSSR count). The molecule has 7 nitrogen and oxygen atoms in total. The highest BCUT2D eigenvalue weighted by Gasteiger charge is 2.46. The van der Waals surface area contributed by atoms with Gasteiger partial charge in [0.1, 0.15) is 6.10 Å². The number of carbonyl (C=O) groups excluding carboxylic acids is 3. The van der Waals surface area contributed by atoms with Crippen LogP contribution in [0.15, 0.2) is 35.5 Å². The smallest absolute Gasteiger partial charge is 0.303 e. The molecule has 0 saturated carbocycles. The molecule has 1 aliphatic rings. The Hall–Kier alpha value is -2.85. The van der Waals surface area contributed by atoms with E-state index in [0.717, 1.165) is 6.42 Å². The van der Waals surface area contributed by atoms with E-state index in [1.807, 2.05) is 13.8 Å². The molecule has 0 aromatic heterocycles. The van der Waals surface area contributed by atoms with E-state index >= 15 is 0 Å². The lowest BCUT2D eigenvalue weighted by Gasteiger charge is -2.38. The average Bonchev–Trinajstić information content (AvgIpc) is 2.61. The minimum absolute atomic E-state index is 0.347. The Morgan fingerprint density at radius 2 is 1.60 bits per heavy atom. The third-order valence-electron chi connectivity index (χ3n) is 4.15. The summed E-state index contributed by atoms with van der Waals surface area (Å²) in [4.78, 5) is 34.9. The van der Waals surface area contributed by atoms with Gasteiger partial charge in [0.25, 0.3) is 0 Å².